The van der Waals surface area contributed by atoms with Gasteiger partial charge in [0.15, 0.2) is 0 Å². The van der Waals surface area contributed by atoms with Crippen LogP contribution in [-0.4, -0.2) is 16.7 Å². The summed E-state index contributed by atoms with van der Waals surface area (Å²) in [7, 11) is 1.68. The topological polar surface area (TPSA) is 39.1 Å². The smallest absolute Gasteiger partial charge is 0.203 e. The van der Waals surface area contributed by atoms with Gasteiger partial charge in [0.05, 0.1) is 7.11 Å². The second kappa shape index (κ2) is 6.27. The first-order valence-corrected chi connectivity index (χ1v) is 6.57. The molecule has 1 heterocycles. The highest BCUT2D eigenvalue weighted by atomic mass is 16.5. The van der Waals surface area contributed by atoms with Crippen molar-refractivity contribution in [3.8, 4) is 5.75 Å². The molecule has 0 bridgehead atoms. The third-order valence-corrected chi connectivity index (χ3v) is 2.86. The van der Waals surface area contributed by atoms with Gasteiger partial charge in [0.25, 0.3) is 0 Å². The van der Waals surface area contributed by atoms with Crippen molar-refractivity contribution in [2.45, 2.75) is 26.9 Å². The maximum Gasteiger partial charge on any atom is 0.203 e. The minimum atomic E-state index is 0.603. The maximum atomic E-state index is 5.22. The number of ether oxygens (including phenoxy) is 1. The van der Waals surface area contributed by atoms with E-state index in [0.717, 1.165) is 24.8 Å². The van der Waals surface area contributed by atoms with Gasteiger partial charge in [-0.05, 0) is 23.6 Å². The summed E-state index contributed by atoms with van der Waals surface area (Å²) in [6.07, 6.45) is 3.84. The van der Waals surface area contributed by atoms with Gasteiger partial charge in [0, 0.05) is 25.5 Å². The zero-order valence-corrected chi connectivity index (χ0v) is 11.8. The van der Waals surface area contributed by atoms with Crippen molar-refractivity contribution in [2.24, 2.45) is 5.92 Å². The number of aromatic nitrogens is 2. The lowest BCUT2D eigenvalue weighted by Gasteiger charge is -2.12. The Morgan fingerprint density at radius 1 is 1.37 bits per heavy atom. The Balaban J connectivity index is 2.00. The molecule has 0 radical (unpaired) electrons. The van der Waals surface area contributed by atoms with E-state index in [0.29, 0.717) is 5.92 Å². The van der Waals surface area contributed by atoms with Crippen LogP contribution < -0.4 is 10.1 Å². The number of anilines is 1. The minimum absolute atomic E-state index is 0.603. The standard InChI is InChI=1S/C15H21N3O/c1-12(2)11-18-8-7-16-15(18)17-10-13-5-4-6-14(9-13)19-3/h4-9,12H,10-11H2,1-3H3,(H,16,17). The Morgan fingerprint density at radius 3 is 2.95 bits per heavy atom. The molecule has 0 fully saturated rings. The first-order chi connectivity index (χ1) is 9.19. The molecule has 0 spiro atoms. The second-order valence-electron chi connectivity index (χ2n) is 5.00. The molecule has 0 aliphatic carbocycles. The van der Waals surface area contributed by atoms with Crippen LogP contribution in [-0.2, 0) is 13.1 Å². The first-order valence-electron chi connectivity index (χ1n) is 6.57. The zero-order chi connectivity index (χ0) is 13.7. The molecule has 2 aromatic rings. The molecule has 102 valence electrons. The van der Waals surface area contributed by atoms with Gasteiger partial charge in [0.2, 0.25) is 5.95 Å². The molecule has 19 heavy (non-hydrogen) atoms. The molecule has 0 amide bonds. The summed E-state index contributed by atoms with van der Waals surface area (Å²) in [5.74, 6) is 2.40. The number of benzene rings is 1. The van der Waals surface area contributed by atoms with E-state index in [-0.39, 0.29) is 0 Å². The number of methoxy groups -OCH3 is 1. The summed E-state index contributed by atoms with van der Waals surface area (Å²) >= 11 is 0. The second-order valence-corrected chi connectivity index (χ2v) is 5.00. The molecule has 0 saturated carbocycles. The Kier molecular flexibility index (Phi) is 4.44. The SMILES string of the molecule is COc1cccc(CNc2nccn2CC(C)C)c1. The third-order valence-electron chi connectivity index (χ3n) is 2.86. The van der Waals surface area contributed by atoms with Crippen LogP contribution in [0.1, 0.15) is 19.4 Å². The fourth-order valence-electron chi connectivity index (χ4n) is 1.98. The highest BCUT2D eigenvalue weighted by Crippen LogP contribution is 2.14. The average molecular weight is 259 g/mol. The number of nitrogens with one attached hydrogen (secondary N) is 1. The summed E-state index contributed by atoms with van der Waals surface area (Å²) in [6, 6.07) is 8.05. The molecule has 0 atom stereocenters. The third kappa shape index (κ3) is 3.74. The molecule has 4 heteroatoms. The fraction of sp³-hybridized carbons (Fsp3) is 0.400. The van der Waals surface area contributed by atoms with E-state index in [9.17, 15) is 0 Å². The quantitative estimate of drug-likeness (QED) is 0.866. The lowest BCUT2D eigenvalue weighted by atomic mass is 10.2. The number of hydrogen-bond acceptors (Lipinski definition) is 3. The molecule has 0 unspecified atom stereocenters. The Labute approximate surface area is 114 Å². The normalized spacial score (nSPS) is 10.7. The van der Waals surface area contributed by atoms with Gasteiger partial charge in [0.1, 0.15) is 5.75 Å². The van der Waals surface area contributed by atoms with Crippen molar-refractivity contribution in [1.29, 1.82) is 0 Å². The van der Waals surface area contributed by atoms with Gasteiger partial charge in [-0.1, -0.05) is 26.0 Å². The summed E-state index contributed by atoms with van der Waals surface area (Å²) < 4.78 is 7.36. The van der Waals surface area contributed by atoms with E-state index in [2.05, 4.69) is 34.8 Å². The number of hydrogen-bond donors (Lipinski definition) is 1. The molecule has 0 aliphatic heterocycles. The number of imidazole rings is 1. The lowest BCUT2D eigenvalue weighted by Crippen LogP contribution is -2.10. The number of rotatable bonds is 6. The van der Waals surface area contributed by atoms with Crippen LogP contribution in [0.5, 0.6) is 5.75 Å². The Hall–Kier alpha value is -1.97. The van der Waals surface area contributed by atoms with Gasteiger partial charge in [-0.2, -0.15) is 0 Å². The van der Waals surface area contributed by atoms with Crippen molar-refractivity contribution in [2.75, 3.05) is 12.4 Å². The highest BCUT2D eigenvalue weighted by Gasteiger charge is 2.04. The predicted octanol–water partition coefficient (Wildman–Crippen LogP) is 3.16. The Bertz CT molecular complexity index is 520. The van der Waals surface area contributed by atoms with Crippen molar-refractivity contribution in [3.05, 3.63) is 42.2 Å². The summed E-state index contributed by atoms with van der Waals surface area (Å²) in [6.45, 7) is 6.12. The van der Waals surface area contributed by atoms with Crippen LogP contribution in [0.25, 0.3) is 0 Å². The van der Waals surface area contributed by atoms with E-state index >= 15 is 0 Å². The zero-order valence-electron chi connectivity index (χ0n) is 11.8. The molecular weight excluding hydrogens is 238 g/mol. The van der Waals surface area contributed by atoms with Crippen LogP contribution in [0, 0.1) is 5.92 Å². The highest BCUT2D eigenvalue weighted by molar-refractivity contribution is 5.33. The molecular formula is C15H21N3O. The molecule has 0 saturated heterocycles. The summed E-state index contributed by atoms with van der Waals surface area (Å²) in [4.78, 5) is 4.35. The molecule has 0 aliphatic rings. The summed E-state index contributed by atoms with van der Waals surface area (Å²) in [5, 5.41) is 3.36. The van der Waals surface area contributed by atoms with Crippen LogP contribution >= 0.6 is 0 Å². The van der Waals surface area contributed by atoms with E-state index in [1.54, 1.807) is 7.11 Å². The van der Waals surface area contributed by atoms with Crippen molar-refractivity contribution in [1.82, 2.24) is 9.55 Å². The van der Waals surface area contributed by atoms with E-state index < -0.39 is 0 Å². The largest absolute Gasteiger partial charge is 0.497 e. The van der Waals surface area contributed by atoms with Gasteiger partial charge >= 0.3 is 0 Å². The predicted molar refractivity (Wildman–Crippen MR) is 77.4 cm³/mol. The molecule has 1 aromatic carbocycles. The molecule has 1 aromatic heterocycles. The number of nitrogens with zero attached hydrogens (tertiary/aromatic N) is 2. The van der Waals surface area contributed by atoms with Crippen LogP contribution in [0.3, 0.4) is 0 Å². The van der Waals surface area contributed by atoms with Crippen LogP contribution in [0.2, 0.25) is 0 Å². The van der Waals surface area contributed by atoms with E-state index in [1.165, 1.54) is 5.56 Å². The first kappa shape index (κ1) is 13.5. The van der Waals surface area contributed by atoms with Crippen molar-refractivity contribution in [3.63, 3.8) is 0 Å². The average Bonchev–Trinajstić information content (AvgIpc) is 2.83. The molecule has 4 nitrogen and oxygen atoms in total. The van der Waals surface area contributed by atoms with Gasteiger partial charge in [-0.25, -0.2) is 4.98 Å². The van der Waals surface area contributed by atoms with E-state index in [1.807, 2.05) is 30.6 Å². The van der Waals surface area contributed by atoms with Crippen LogP contribution in [0.4, 0.5) is 5.95 Å². The van der Waals surface area contributed by atoms with Gasteiger partial charge < -0.3 is 14.6 Å². The monoisotopic (exact) mass is 259 g/mol. The Morgan fingerprint density at radius 2 is 2.21 bits per heavy atom. The van der Waals surface area contributed by atoms with Crippen molar-refractivity contribution >= 4 is 5.95 Å². The molecule has 1 N–H and O–H groups in total. The summed E-state index contributed by atoms with van der Waals surface area (Å²) in [5.41, 5.74) is 1.18. The van der Waals surface area contributed by atoms with Crippen LogP contribution in [0.15, 0.2) is 36.7 Å². The lowest BCUT2D eigenvalue weighted by molar-refractivity contribution is 0.414. The molecule has 2 rings (SSSR count). The maximum absolute atomic E-state index is 5.22. The van der Waals surface area contributed by atoms with Crippen molar-refractivity contribution < 1.29 is 4.74 Å². The fourth-order valence-corrected chi connectivity index (χ4v) is 1.98. The van der Waals surface area contributed by atoms with Gasteiger partial charge in [-0.3, -0.25) is 0 Å². The van der Waals surface area contributed by atoms with Gasteiger partial charge in [-0.15, -0.1) is 0 Å². The minimum Gasteiger partial charge on any atom is -0.497 e. The van der Waals surface area contributed by atoms with E-state index in [4.69, 9.17) is 4.74 Å².